The number of rotatable bonds is 0. The number of piperidine rings is 1. The van der Waals surface area contributed by atoms with E-state index in [1.807, 2.05) is 0 Å². The van der Waals surface area contributed by atoms with Crippen LogP contribution in [0.5, 0.6) is 0 Å². The molecule has 0 saturated carbocycles. The molecule has 2 fully saturated rings. The van der Waals surface area contributed by atoms with Crippen molar-refractivity contribution in [1.82, 2.24) is 4.90 Å². The molecule has 1 nitrogen and oxygen atoms in total. The Labute approximate surface area is 69.8 Å². The molecule has 0 unspecified atom stereocenters. The Hall–Kier alpha value is -0.0400. The Morgan fingerprint density at radius 1 is 1.18 bits per heavy atom. The monoisotopic (exact) mass is 153 g/mol. The lowest BCUT2D eigenvalue weighted by atomic mass is 9.89. The highest BCUT2D eigenvalue weighted by Crippen LogP contribution is 2.33. The maximum absolute atomic E-state index is 2.72. The fourth-order valence-corrected chi connectivity index (χ4v) is 2.97. The molecular weight excluding hydrogens is 134 g/mol. The predicted molar refractivity (Wildman–Crippen MR) is 47.6 cm³/mol. The van der Waals surface area contributed by atoms with Gasteiger partial charge in [-0.25, -0.2) is 0 Å². The topological polar surface area (TPSA) is 3.24 Å². The third-order valence-corrected chi connectivity index (χ3v) is 3.41. The molecular formula is C10H19N. The van der Waals surface area contributed by atoms with E-state index in [-0.39, 0.29) is 0 Å². The van der Waals surface area contributed by atoms with E-state index in [9.17, 15) is 0 Å². The minimum absolute atomic E-state index is 0.867. The van der Waals surface area contributed by atoms with Gasteiger partial charge in [0.1, 0.15) is 0 Å². The standard InChI is InChI=1S/C10H19N/c1-8-6-9(2)11-5-3-4-10(11)7-8/h8-10H,3-7H2,1-2H3/t8-,9+,10+/m1/s1. The van der Waals surface area contributed by atoms with Crippen LogP contribution in [-0.2, 0) is 0 Å². The van der Waals surface area contributed by atoms with Gasteiger partial charge < -0.3 is 0 Å². The average Bonchev–Trinajstić information content (AvgIpc) is 2.34. The van der Waals surface area contributed by atoms with Crippen LogP contribution >= 0.6 is 0 Å². The highest BCUT2D eigenvalue weighted by Gasteiger charge is 2.34. The Morgan fingerprint density at radius 2 is 2.00 bits per heavy atom. The van der Waals surface area contributed by atoms with Crippen molar-refractivity contribution in [2.24, 2.45) is 5.92 Å². The summed E-state index contributed by atoms with van der Waals surface area (Å²) in [6.45, 7) is 6.18. The SMILES string of the molecule is C[C@H]1C[C@@H]2CCCN2[C@@H](C)C1. The molecule has 3 atom stereocenters. The second-order valence-electron chi connectivity index (χ2n) is 4.46. The van der Waals surface area contributed by atoms with Gasteiger partial charge in [-0.1, -0.05) is 6.92 Å². The molecule has 0 radical (unpaired) electrons. The van der Waals surface area contributed by atoms with Crippen LogP contribution in [0.2, 0.25) is 0 Å². The molecule has 0 aromatic heterocycles. The molecule has 1 heteroatoms. The normalized spacial score (nSPS) is 45.8. The smallest absolute Gasteiger partial charge is 0.0101 e. The lowest BCUT2D eigenvalue weighted by Gasteiger charge is -2.38. The van der Waals surface area contributed by atoms with Crippen LogP contribution in [0.1, 0.15) is 39.5 Å². The highest BCUT2D eigenvalue weighted by atomic mass is 15.2. The maximum Gasteiger partial charge on any atom is 0.0101 e. The van der Waals surface area contributed by atoms with Crippen LogP contribution in [0.15, 0.2) is 0 Å². The van der Waals surface area contributed by atoms with Gasteiger partial charge in [-0.15, -0.1) is 0 Å². The van der Waals surface area contributed by atoms with Crippen molar-refractivity contribution in [3.05, 3.63) is 0 Å². The fourth-order valence-electron chi connectivity index (χ4n) is 2.97. The number of hydrogen-bond donors (Lipinski definition) is 0. The summed E-state index contributed by atoms with van der Waals surface area (Å²) in [4.78, 5) is 2.72. The van der Waals surface area contributed by atoms with Crippen LogP contribution in [0.25, 0.3) is 0 Å². The van der Waals surface area contributed by atoms with E-state index >= 15 is 0 Å². The lowest BCUT2D eigenvalue weighted by molar-refractivity contribution is 0.103. The van der Waals surface area contributed by atoms with Gasteiger partial charge in [-0.2, -0.15) is 0 Å². The summed E-state index contributed by atoms with van der Waals surface area (Å²) >= 11 is 0. The molecule has 0 bridgehead atoms. The van der Waals surface area contributed by atoms with Crippen molar-refractivity contribution in [2.75, 3.05) is 6.54 Å². The molecule has 2 aliphatic rings. The molecule has 0 aromatic rings. The third-order valence-electron chi connectivity index (χ3n) is 3.41. The summed E-state index contributed by atoms with van der Waals surface area (Å²) in [5.41, 5.74) is 0. The summed E-state index contributed by atoms with van der Waals surface area (Å²) < 4.78 is 0. The van der Waals surface area contributed by atoms with Gasteiger partial charge in [0.15, 0.2) is 0 Å². The van der Waals surface area contributed by atoms with Gasteiger partial charge in [0.2, 0.25) is 0 Å². The average molecular weight is 153 g/mol. The van der Waals surface area contributed by atoms with Crippen molar-refractivity contribution in [1.29, 1.82) is 0 Å². The van der Waals surface area contributed by atoms with E-state index in [1.165, 1.54) is 32.2 Å². The first kappa shape index (κ1) is 7.60. The zero-order chi connectivity index (χ0) is 7.84. The quantitative estimate of drug-likeness (QED) is 0.516. The van der Waals surface area contributed by atoms with Gasteiger partial charge in [0, 0.05) is 12.1 Å². The van der Waals surface area contributed by atoms with E-state index in [2.05, 4.69) is 18.7 Å². The summed E-state index contributed by atoms with van der Waals surface area (Å²) in [6.07, 6.45) is 5.80. The molecule has 0 aliphatic carbocycles. The fraction of sp³-hybridized carbons (Fsp3) is 1.00. The molecule has 2 saturated heterocycles. The zero-order valence-corrected chi connectivity index (χ0v) is 7.71. The van der Waals surface area contributed by atoms with Crippen LogP contribution < -0.4 is 0 Å². The maximum atomic E-state index is 2.72. The van der Waals surface area contributed by atoms with Crippen molar-refractivity contribution in [3.8, 4) is 0 Å². The number of fused-ring (bicyclic) bond motifs is 1. The van der Waals surface area contributed by atoms with Crippen molar-refractivity contribution < 1.29 is 0 Å². The number of hydrogen-bond acceptors (Lipinski definition) is 1. The first-order valence-electron chi connectivity index (χ1n) is 5.03. The first-order chi connectivity index (χ1) is 5.27. The predicted octanol–water partition coefficient (Wildman–Crippen LogP) is 2.27. The van der Waals surface area contributed by atoms with Crippen LogP contribution in [0.3, 0.4) is 0 Å². The van der Waals surface area contributed by atoms with Crippen molar-refractivity contribution in [2.45, 2.75) is 51.6 Å². The van der Waals surface area contributed by atoms with E-state index in [4.69, 9.17) is 0 Å². The zero-order valence-electron chi connectivity index (χ0n) is 7.71. The van der Waals surface area contributed by atoms with Gasteiger partial charge >= 0.3 is 0 Å². The Morgan fingerprint density at radius 3 is 2.82 bits per heavy atom. The summed E-state index contributed by atoms with van der Waals surface area (Å²) in [5.74, 6) is 0.976. The first-order valence-corrected chi connectivity index (χ1v) is 5.03. The molecule has 2 rings (SSSR count). The van der Waals surface area contributed by atoms with E-state index in [0.29, 0.717) is 0 Å². The molecule has 0 N–H and O–H groups in total. The molecule has 0 amide bonds. The highest BCUT2D eigenvalue weighted by molar-refractivity contribution is 4.89. The summed E-state index contributed by atoms with van der Waals surface area (Å²) in [6, 6.07) is 1.82. The molecule has 64 valence electrons. The van der Waals surface area contributed by atoms with Crippen LogP contribution in [-0.4, -0.2) is 23.5 Å². The Kier molecular flexibility index (Phi) is 1.92. The van der Waals surface area contributed by atoms with Crippen LogP contribution in [0.4, 0.5) is 0 Å². The Bertz CT molecular complexity index is 144. The molecule has 2 aliphatic heterocycles. The lowest BCUT2D eigenvalue weighted by Crippen LogP contribution is -2.43. The van der Waals surface area contributed by atoms with Crippen molar-refractivity contribution >= 4 is 0 Å². The minimum Gasteiger partial charge on any atom is -0.298 e. The molecule has 0 spiro atoms. The molecule has 2 heterocycles. The Balaban J connectivity index is 2.04. The summed E-state index contributed by atoms with van der Waals surface area (Å²) in [5, 5.41) is 0. The van der Waals surface area contributed by atoms with E-state index in [1.54, 1.807) is 0 Å². The van der Waals surface area contributed by atoms with Crippen LogP contribution in [0, 0.1) is 5.92 Å². The second kappa shape index (κ2) is 2.78. The largest absolute Gasteiger partial charge is 0.298 e. The van der Waals surface area contributed by atoms with E-state index < -0.39 is 0 Å². The van der Waals surface area contributed by atoms with Gasteiger partial charge in [0.05, 0.1) is 0 Å². The minimum atomic E-state index is 0.867. The number of nitrogens with zero attached hydrogens (tertiary/aromatic N) is 1. The van der Waals surface area contributed by atoms with E-state index in [0.717, 1.165) is 18.0 Å². The second-order valence-corrected chi connectivity index (χ2v) is 4.46. The molecule has 11 heavy (non-hydrogen) atoms. The van der Waals surface area contributed by atoms with Gasteiger partial charge in [-0.3, -0.25) is 4.90 Å². The molecule has 0 aromatic carbocycles. The van der Waals surface area contributed by atoms with Gasteiger partial charge in [0.25, 0.3) is 0 Å². The summed E-state index contributed by atoms with van der Waals surface area (Å²) in [7, 11) is 0. The van der Waals surface area contributed by atoms with Crippen molar-refractivity contribution in [3.63, 3.8) is 0 Å². The van der Waals surface area contributed by atoms with Gasteiger partial charge in [-0.05, 0) is 45.1 Å². The third kappa shape index (κ3) is 1.31.